The molecule has 2 heterocycles. The molecule has 1 aliphatic rings. The maximum atomic E-state index is 13.2. The molecule has 1 aromatic heterocycles. The number of likely N-dealkylation sites (tertiary alicyclic amines) is 1. The van der Waals surface area contributed by atoms with Gasteiger partial charge in [0.25, 0.3) is 5.56 Å². The molecule has 29 heavy (non-hydrogen) atoms. The van der Waals surface area contributed by atoms with Crippen LogP contribution in [-0.4, -0.2) is 41.6 Å². The van der Waals surface area contributed by atoms with Crippen molar-refractivity contribution in [3.63, 3.8) is 0 Å². The first kappa shape index (κ1) is 20.9. The molecule has 0 unspecified atom stereocenters. The van der Waals surface area contributed by atoms with E-state index in [1.165, 1.54) is 4.57 Å². The number of nitrogens with one attached hydrogen (secondary N) is 1. The summed E-state index contributed by atoms with van der Waals surface area (Å²) in [6.45, 7) is 3.84. The van der Waals surface area contributed by atoms with Crippen molar-refractivity contribution < 1.29 is 14.3 Å². The van der Waals surface area contributed by atoms with E-state index in [1.54, 1.807) is 4.90 Å². The third-order valence-corrected chi connectivity index (χ3v) is 5.52. The van der Waals surface area contributed by atoms with Crippen molar-refractivity contribution in [1.82, 2.24) is 14.8 Å². The molecule has 1 saturated heterocycles. The maximum absolute atomic E-state index is 13.2. The summed E-state index contributed by atoms with van der Waals surface area (Å²) in [5.74, 6) is 0.0948. The van der Waals surface area contributed by atoms with Crippen LogP contribution < -0.4 is 10.9 Å². The summed E-state index contributed by atoms with van der Waals surface area (Å²) < 4.78 is 6.86. The number of aromatic nitrogens is 1. The van der Waals surface area contributed by atoms with Crippen molar-refractivity contribution in [2.24, 2.45) is 0 Å². The standard InChI is InChI=1S/C22H29N3O4/c1-2-3-6-11-23-22(28)29-16-25-20-8-5-4-7-18(20)14-19(21(25)27)17-9-12-24(15-26)13-10-17/h4-5,7-8,14-15,17H,2-3,6,9-13,16H2,1H3,(H,23,28). The second-order valence-electron chi connectivity index (χ2n) is 7.50. The Labute approximate surface area is 170 Å². The van der Waals surface area contributed by atoms with Gasteiger partial charge in [-0.25, -0.2) is 4.79 Å². The number of benzene rings is 1. The van der Waals surface area contributed by atoms with E-state index >= 15 is 0 Å². The first-order chi connectivity index (χ1) is 14.1. The molecule has 2 aromatic rings. The largest absolute Gasteiger partial charge is 0.428 e. The van der Waals surface area contributed by atoms with Crippen LogP contribution in [0.3, 0.4) is 0 Å². The van der Waals surface area contributed by atoms with Crippen molar-refractivity contribution in [3.8, 4) is 0 Å². The Hall–Kier alpha value is -2.83. The van der Waals surface area contributed by atoms with E-state index in [4.69, 9.17) is 4.74 Å². The molecule has 156 valence electrons. The normalized spacial score (nSPS) is 14.7. The summed E-state index contributed by atoms with van der Waals surface area (Å²) in [7, 11) is 0. The van der Waals surface area contributed by atoms with Gasteiger partial charge in [-0.15, -0.1) is 0 Å². The Morgan fingerprint density at radius 2 is 2.00 bits per heavy atom. The summed E-state index contributed by atoms with van der Waals surface area (Å²) in [6, 6.07) is 9.56. The van der Waals surface area contributed by atoms with Gasteiger partial charge in [0.1, 0.15) is 0 Å². The number of hydrogen-bond acceptors (Lipinski definition) is 4. The molecule has 7 nitrogen and oxygen atoms in total. The number of ether oxygens (including phenoxy) is 1. The molecule has 0 bridgehead atoms. The number of carbonyl (C=O) groups is 2. The van der Waals surface area contributed by atoms with E-state index in [0.717, 1.165) is 55.0 Å². The van der Waals surface area contributed by atoms with Gasteiger partial charge in [-0.1, -0.05) is 38.0 Å². The van der Waals surface area contributed by atoms with Crippen molar-refractivity contribution in [1.29, 1.82) is 0 Å². The van der Waals surface area contributed by atoms with Gasteiger partial charge in [0.05, 0.1) is 5.52 Å². The molecule has 0 radical (unpaired) electrons. The first-order valence-corrected chi connectivity index (χ1v) is 10.4. The van der Waals surface area contributed by atoms with Crippen molar-refractivity contribution in [2.75, 3.05) is 19.6 Å². The van der Waals surface area contributed by atoms with Crippen LogP contribution in [0.1, 0.15) is 50.5 Å². The molecule has 0 spiro atoms. The highest BCUT2D eigenvalue weighted by atomic mass is 16.6. The van der Waals surface area contributed by atoms with E-state index < -0.39 is 6.09 Å². The third-order valence-electron chi connectivity index (χ3n) is 5.52. The number of para-hydroxylation sites is 1. The van der Waals surface area contributed by atoms with Gasteiger partial charge in [0, 0.05) is 25.2 Å². The summed E-state index contributed by atoms with van der Waals surface area (Å²) in [5, 5.41) is 3.67. The predicted molar refractivity (Wildman–Crippen MR) is 112 cm³/mol. The summed E-state index contributed by atoms with van der Waals surface area (Å²) in [5.41, 5.74) is 1.33. The van der Waals surface area contributed by atoms with Gasteiger partial charge in [0.2, 0.25) is 6.41 Å². The third kappa shape index (κ3) is 5.16. The number of amides is 2. The number of rotatable bonds is 8. The zero-order chi connectivity index (χ0) is 20.6. The summed E-state index contributed by atoms with van der Waals surface area (Å²) >= 11 is 0. The number of fused-ring (bicyclic) bond motifs is 1. The molecule has 1 aliphatic heterocycles. The van der Waals surface area contributed by atoms with E-state index in [9.17, 15) is 14.4 Å². The highest BCUT2D eigenvalue weighted by molar-refractivity contribution is 5.79. The fraction of sp³-hybridized carbons (Fsp3) is 0.500. The van der Waals surface area contributed by atoms with E-state index in [2.05, 4.69) is 12.2 Å². The zero-order valence-corrected chi connectivity index (χ0v) is 16.9. The van der Waals surface area contributed by atoms with E-state index in [0.29, 0.717) is 19.6 Å². The molecule has 1 aromatic carbocycles. The minimum Gasteiger partial charge on any atom is -0.428 e. The SMILES string of the molecule is CCCCCNC(=O)OCn1c(=O)c(C2CCN(C=O)CC2)cc2ccccc21. The number of hydrogen-bond donors (Lipinski definition) is 1. The molecular weight excluding hydrogens is 370 g/mol. The number of pyridine rings is 1. The first-order valence-electron chi connectivity index (χ1n) is 10.4. The van der Waals surface area contributed by atoms with Crippen LogP contribution in [0.4, 0.5) is 4.79 Å². The fourth-order valence-corrected chi connectivity index (χ4v) is 3.83. The van der Waals surface area contributed by atoms with Gasteiger partial charge in [-0.3, -0.25) is 14.2 Å². The minimum atomic E-state index is -0.512. The number of unbranched alkanes of at least 4 members (excludes halogenated alkanes) is 2. The number of alkyl carbamates (subject to hydrolysis) is 1. The lowest BCUT2D eigenvalue weighted by atomic mass is 9.89. The second-order valence-corrected chi connectivity index (χ2v) is 7.50. The van der Waals surface area contributed by atoms with Crippen LogP contribution in [0.5, 0.6) is 0 Å². The monoisotopic (exact) mass is 399 g/mol. The molecule has 7 heteroatoms. The fourth-order valence-electron chi connectivity index (χ4n) is 3.83. The number of nitrogens with zero attached hydrogens (tertiary/aromatic N) is 2. The van der Waals surface area contributed by atoms with Crippen LogP contribution in [0, 0.1) is 0 Å². The van der Waals surface area contributed by atoms with Gasteiger partial charge in [-0.05, 0) is 42.7 Å². The molecule has 3 rings (SSSR count). The zero-order valence-electron chi connectivity index (χ0n) is 16.9. The lowest BCUT2D eigenvalue weighted by Gasteiger charge is -2.29. The summed E-state index contributed by atoms with van der Waals surface area (Å²) in [4.78, 5) is 37.9. The van der Waals surface area contributed by atoms with Crippen LogP contribution >= 0.6 is 0 Å². The van der Waals surface area contributed by atoms with Gasteiger partial charge in [0.15, 0.2) is 6.73 Å². The Balaban J connectivity index is 1.79. The Morgan fingerprint density at radius 3 is 2.72 bits per heavy atom. The molecule has 1 fully saturated rings. The van der Waals surface area contributed by atoms with Crippen molar-refractivity contribution in [2.45, 2.75) is 51.7 Å². The molecule has 0 saturated carbocycles. The van der Waals surface area contributed by atoms with E-state index in [-0.39, 0.29) is 18.2 Å². The lowest BCUT2D eigenvalue weighted by Crippen LogP contribution is -2.35. The number of carbonyl (C=O) groups excluding carboxylic acids is 2. The maximum Gasteiger partial charge on any atom is 0.408 e. The van der Waals surface area contributed by atoms with Gasteiger partial charge in [-0.2, -0.15) is 0 Å². The van der Waals surface area contributed by atoms with Gasteiger partial charge < -0.3 is 15.0 Å². The van der Waals surface area contributed by atoms with Crippen molar-refractivity contribution >= 4 is 23.4 Å². The average molecular weight is 399 g/mol. The average Bonchev–Trinajstić information content (AvgIpc) is 2.76. The van der Waals surface area contributed by atoms with Crippen LogP contribution in [0.2, 0.25) is 0 Å². The Bertz CT molecular complexity index is 901. The second kappa shape index (κ2) is 10.1. The van der Waals surface area contributed by atoms with Crippen LogP contribution in [0.25, 0.3) is 10.9 Å². The highest BCUT2D eigenvalue weighted by Crippen LogP contribution is 2.27. The topological polar surface area (TPSA) is 80.6 Å². The molecule has 0 aliphatic carbocycles. The molecular formula is C22H29N3O4. The lowest BCUT2D eigenvalue weighted by molar-refractivity contribution is -0.119. The van der Waals surface area contributed by atoms with Crippen LogP contribution in [0.15, 0.2) is 35.1 Å². The van der Waals surface area contributed by atoms with E-state index in [1.807, 2.05) is 30.3 Å². The predicted octanol–water partition coefficient (Wildman–Crippen LogP) is 3.21. The molecule has 2 amide bonds. The van der Waals surface area contributed by atoms with Gasteiger partial charge >= 0.3 is 6.09 Å². The number of piperidine rings is 1. The molecule has 1 N–H and O–H groups in total. The van der Waals surface area contributed by atoms with Crippen LogP contribution in [-0.2, 0) is 16.3 Å². The Morgan fingerprint density at radius 1 is 1.24 bits per heavy atom. The molecule has 0 atom stereocenters. The van der Waals surface area contributed by atoms with Crippen molar-refractivity contribution in [3.05, 3.63) is 46.2 Å². The smallest absolute Gasteiger partial charge is 0.408 e. The Kier molecular flexibility index (Phi) is 7.27. The highest BCUT2D eigenvalue weighted by Gasteiger charge is 2.23. The minimum absolute atomic E-state index is 0.0948. The summed E-state index contributed by atoms with van der Waals surface area (Å²) in [6.07, 6.45) is 4.90. The quantitative estimate of drug-likeness (QED) is 0.546.